The van der Waals surface area contributed by atoms with E-state index >= 15 is 0 Å². The highest BCUT2D eigenvalue weighted by Gasteiger charge is 2.06. The molecule has 0 heterocycles. The summed E-state index contributed by atoms with van der Waals surface area (Å²) in [6.07, 6.45) is 19.8. The van der Waals surface area contributed by atoms with Crippen molar-refractivity contribution in [1.29, 1.82) is 0 Å². The maximum atomic E-state index is 12.1. The van der Waals surface area contributed by atoms with Crippen molar-refractivity contribution in [2.75, 3.05) is 60.4 Å². The highest BCUT2D eigenvalue weighted by atomic mass is 16.1. The van der Waals surface area contributed by atoms with Gasteiger partial charge in [0.1, 0.15) is 5.78 Å². The van der Waals surface area contributed by atoms with Crippen molar-refractivity contribution < 1.29 is 9.59 Å². The lowest BCUT2D eigenvalue weighted by Crippen LogP contribution is -2.33. The summed E-state index contributed by atoms with van der Waals surface area (Å²) in [4.78, 5) is 27.8. The van der Waals surface area contributed by atoms with Gasteiger partial charge in [-0.1, -0.05) is 64.2 Å². The number of hydrogen-bond acceptors (Lipinski definition) is 5. The minimum absolute atomic E-state index is 0.225. The van der Waals surface area contributed by atoms with E-state index in [0.29, 0.717) is 12.2 Å². The number of nitrogens with one attached hydrogen (secondary N) is 2. The number of carbonyl (C=O) groups excluding carboxylic acids is 2. The van der Waals surface area contributed by atoms with E-state index in [0.717, 1.165) is 65.0 Å². The molecular weight excluding hydrogens is 436 g/mol. The second-order valence-corrected chi connectivity index (χ2v) is 10.6. The molecule has 6 nitrogen and oxygen atoms in total. The van der Waals surface area contributed by atoms with E-state index in [1.165, 1.54) is 77.0 Å². The fourth-order valence-electron chi connectivity index (χ4n) is 4.47. The van der Waals surface area contributed by atoms with E-state index < -0.39 is 0 Å². The Morgan fingerprint density at radius 2 is 1.03 bits per heavy atom. The Hall–Kier alpha value is -0.980. The standard InChI is InChI=1S/C29H60N4O2/c1-28(34)20-15-13-11-9-7-5-6-8-10-12-14-16-21-29(35)31-23-18-26-33(25-17-22-30-2)27-19-24-32(3)4/h30H,5-27H2,1-4H3,(H,31,35). The van der Waals surface area contributed by atoms with Crippen LogP contribution in [-0.2, 0) is 9.59 Å². The zero-order chi connectivity index (χ0) is 26.0. The summed E-state index contributed by atoms with van der Waals surface area (Å²) in [5.74, 6) is 0.549. The maximum absolute atomic E-state index is 12.1. The summed E-state index contributed by atoms with van der Waals surface area (Å²) >= 11 is 0. The predicted molar refractivity (Wildman–Crippen MR) is 151 cm³/mol. The first kappa shape index (κ1) is 34.0. The molecule has 0 fully saturated rings. The molecule has 0 aliphatic heterocycles. The first-order valence-electron chi connectivity index (χ1n) is 14.7. The second-order valence-electron chi connectivity index (χ2n) is 10.6. The molecule has 0 spiro atoms. The topological polar surface area (TPSA) is 64.7 Å². The quantitative estimate of drug-likeness (QED) is 0.149. The van der Waals surface area contributed by atoms with E-state index in [-0.39, 0.29) is 5.91 Å². The molecule has 1 amide bonds. The minimum Gasteiger partial charge on any atom is -0.356 e. The van der Waals surface area contributed by atoms with Gasteiger partial charge in [-0.2, -0.15) is 0 Å². The van der Waals surface area contributed by atoms with Gasteiger partial charge in [0.25, 0.3) is 0 Å². The lowest BCUT2D eigenvalue weighted by Gasteiger charge is -2.23. The number of rotatable bonds is 27. The highest BCUT2D eigenvalue weighted by Crippen LogP contribution is 2.13. The van der Waals surface area contributed by atoms with E-state index in [4.69, 9.17) is 0 Å². The lowest BCUT2D eigenvalue weighted by molar-refractivity contribution is -0.121. The molecule has 208 valence electrons. The van der Waals surface area contributed by atoms with Gasteiger partial charge in [0, 0.05) is 19.4 Å². The van der Waals surface area contributed by atoms with E-state index in [1.54, 1.807) is 6.92 Å². The zero-order valence-corrected chi connectivity index (χ0v) is 24.0. The lowest BCUT2D eigenvalue weighted by atomic mass is 10.0. The molecule has 0 aliphatic rings. The molecule has 0 aliphatic carbocycles. The van der Waals surface area contributed by atoms with Crippen LogP contribution < -0.4 is 10.6 Å². The Morgan fingerprint density at radius 3 is 1.51 bits per heavy atom. The Morgan fingerprint density at radius 1 is 0.571 bits per heavy atom. The number of ketones is 1. The average Bonchev–Trinajstić information content (AvgIpc) is 2.81. The fourth-order valence-corrected chi connectivity index (χ4v) is 4.47. The second kappa shape index (κ2) is 26.1. The monoisotopic (exact) mass is 496 g/mol. The molecule has 0 atom stereocenters. The predicted octanol–water partition coefficient (Wildman–Crippen LogP) is 5.41. The SMILES string of the molecule is CNCCCN(CCCNC(=O)CCCCCCCCCCCCCCC(C)=O)CCCN(C)C. The summed E-state index contributed by atoms with van der Waals surface area (Å²) in [7, 11) is 6.27. The van der Waals surface area contributed by atoms with Crippen LogP contribution in [0.4, 0.5) is 0 Å². The minimum atomic E-state index is 0.225. The number of hydrogen-bond donors (Lipinski definition) is 2. The van der Waals surface area contributed by atoms with Gasteiger partial charge in [-0.25, -0.2) is 0 Å². The fraction of sp³-hybridized carbons (Fsp3) is 0.931. The molecule has 0 unspecified atom stereocenters. The Bertz CT molecular complexity index is 485. The number of carbonyl (C=O) groups is 2. The largest absolute Gasteiger partial charge is 0.356 e. The molecule has 0 aromatic heterocycles. The Balaban J connectivity index is 3.53. The Labute approximate surface area is 218 Å². The van der Waals surface area contributed by atoms with Gasteiger partial charge in [0.05, 0.1) is 0 Å². The van der Waals surface area contributed by atoms with Crippen LogP contribution in [0.5, 0.6) is 0 Å². The molecular formula is C29H60N4O2. The number of Topliss-reactive ketones (excluding diaryl/α,β-unsaturated/α-hetero) is 1. The third-order valence-corrected chi connectivity index (χ3v) is 6.64. The first-order valence-corrected chi connectivity index (χ1v) is 14.7. The number of amides is 1. The molecule has 0 aromatic rings. The normalized spacial score (nSPS) is 11.5. The van der Waals surface area contributed by atoms with Crippen LogP contribution in [0.25, 0.3) is 0 Å². The number of nitrogens with zero attached hydrogens (tertiary/aromatic N) is 2. The van der Waals surface area contributed by atoms with Gasteiger partial charge in [0.15, 0.2) is 0 Å². The molecule has 0 saturated heterocycles. The third-order valence-electron chi connectivity index (χ3n) is 6.64. The molecule has 0 bridgehead atoms. The summed E-state index contributed by atoms with van der Waals surface area (Å²) in [5.41, 5.74) is 0. The summed E-state index contributed by atoms with van der Waals surface area (Å²) in [6, 6.07) is 0. The van der Waals surface area contributed by atoms with Crippen LogP contribution in [0.15, 0.2) is 0 Å². The summed E-state index contributed by atoms with van der Waals surface area (Å²) < 4.78 is 0. The van der Waals surface area contributed by atoms with Crippen LogP contribution in [0.2, 0.25) is 0 Å². The average molecular weight is 497 g/mol. The van der Waals surface area contributed by atoms with Crippen LogP contribution in [0.3, 0.4) is 0 Å². The van der Waals surface area contributed by atoms with Gasteiger partial charge in [-0.15, -0.1) is 0 Å². The zero-order valence-electron chi connectivity index (χ0n) is 24.0. The molecule has 0 rings (SSSR count). The van der Waals surface area contributed by atoms with Crippen molar-refractivity contribution in [3.63, 3.8) is 0 Å². The van der Waals surface area contributed by atoms with Crippen molar-refractivity contribution in [3.8, 4) is 0 Å². The Kier molecular flexibility index (Phi) is 25.4. The smallest absolute Gasteiger partial charge is 0.219 e. The summed E-state index contributed by atoms with van der Waals surface area (Å²) in [6.45, 7) is 8.01. The van der Waals surface area contributed by atoms with Crippen molar-refractivity contribution in [2.24, 2.45) is 0 Å². The highest BCUT2D eigenvalue weighted by molar-refractivity contribution is 5.75. The molecule has 6 heteroatoms. The van der Waals surface area contributed by atoms with E-state index in [9.17, 15) is 9.59 Å². The van der Waals surface area contributed by atoms with Gasteiger partial charge in [-0.05, 0) is 92.9 Å². The molecule has 2 N–H and O–H groups in total. The first-order chi connectivity index (χ1) is 17.0. The van der Waals surface area contributed by atoms with Crippen LogP contribution in [-0.4, -0.2) is 81.9 Å². The maximum Gasteiger partial charge on any atom is 0.219 e. The number of unbranched alkanes of at least 4 members (excludes halogenated alkanes) is 11. The molecule has 35 heavy (non-hydrogen) atoms. The van der Waals surface area contributed by atoms with Crippen LogP contribution >= 0.6 is 0 Å². The van der Waals surface area contributed by atoms with Gasteiger partial charge in [0.2, 0.25) is 5.91 Å². The van der Waals surface area contributed by atoms with Crippen LogP contribution in [0, 0.1) is 0 Å². The van der Waals surface area contributed by atoms with Crippen LogP contribution in [0.1, 0.15) is 116 Å². The summed E-state index contributed by atoms with van der Waals surface area (Å²) in [5, 5.41) is 6.36. The van der Waals surface area contributed by atoms with E-state index in [1.807, 2.05) is 7.05 Å². The molecule has 0 saturated carbocycles. The van der Waals surface area contributed by atoms with E-state index in [2.05, 4.69) is 34.5 Å². The van der Waals surface area contributed by atoms with Crippen molar-refractivity contribution >= 4 is 11.7 Å². The van der Waals surface area contributed by atoms with Gasteiger partial charge in [-0.3, -0.25) is 4.79 Å². The molecule has 0 aromatic carbocycles. The van der Waals surface area contributed by atoms with Crippen molar-refractivity contribution in [1.82, 2.24) is 20.4 Å². The van der Waals surface area contributed by atoms with Gasteiger partial charge < -0.3 is 25.2 Å². The third kappa shape index (κ3) is 27.5. The van der Waals surface area contributed by atoms with Gasteiger partial charge >= 0.3 is 0 Å². The van der Waals surface area contributed by atoms with Crippen molar-refractivity contribution in [3.05, 3.63) is 0 Å². The molecule has 0 radical (unpaired) electrons. The van der Waals surface area contributed by atoms with Crippen molar-refractivity contribution in [2.45, 2.75) is 116 Å².